The van der Waals surface area contributed by atoms with Crippen LogP contribution in [-0.2, 0) is 0 Å². The SMILES string of the molecule is C1=C(c2cccnc2)CNC1. The van der Waals surface area contributed by atoms with E-state index in [0.29, 0.717) is 0 Å². The highest BCUT2D eigenvalue weighted by Crippen LogP contribution is 2.13. The van der Waals surface area contributed by atoms with Gasteiger partial charge in [0.05, 0.1) is 0 Å². The summed E-state index contributed by atoms with van der Waals surface area (Å²) in [7, 11) is 0. The minimum atomic E-state index is 0.978. The first kappa shape index (κ1) is 6.55. The van der Waals surface area contributed by atoms with Gasteiger partial charge in [-0.25, -0.2) is 0 Å². The van der Waals surface area contributed by atoms with Crippen LogP contribution < -0.4 is 5.32 Å². The van der Waals surface area contributed by atoms with Crippen molar-refractivity contribution in [3.8, 4) is 0 Å². The molecular formula is C9H10N2. The first-order valence-electron chi connectivity index (χ1n) is 3.77. The Bertz CT molecular complexity index is 264. The Morgan fingerprint density at radius 3 is 3.09 bits per heavy atom. The lowest BCUT2D eigenvalue weighted by Gasteiger charge is -1.98. The van der Waals surface area contributed by atoms with Crippen LogP contribution in [0.1, 0.15) is 5.56 Å². The van der Waals surface area contributed by atoms with Gasteiger partial charge in [-0.3, -0.25) is 4.98 Å². The molecule has 1 aromatic heterocycles. The summed E-state index contributed by atoms with van der Waals surface area (Å²) >= 11 is 0. The van der Waals surface area contributed by atoms with Crippen molar-refractivity contribution in [3.05, 3.63) is 36.2 Å². The Labute approximate surface area is 66.0 Å². The van der Waals surface area contributed by atoms with E-state index in [1.165, 1.54) is 11.1 Å². The normalized spacial score (nSPS) is 16.5. The van der Waals surface area contributed by atoms with Gasteiger partial charge in [-0.2, -0.15) is 0 Å². The molecule has 0 saturated carbocycles. The first-order valence-corrected chi connectivity index (χ1v) is 3.77. The summed E-state index contributed by atoms with van der Waals surface area (Å²) in [5, 5.41) is 3.25. The van der Waals surface area contributed by atoms with Gasteiger partial charge < -0.3 is 5.32 Å². The Morgan fingerprint density at radius 1 is 1.45 bits per heavy atom. The molecule has 1 aromatic rings. The molecule has 11 heavy (non-hydrogen) atoms. The lowest BCUT2D eigenvalue weighted by molar-refractivity contribution is 0.897. The molecule has 1 aliphatic heterocycles. The van der Waals surface area contributed by atoms with Gasteiger partial charge in [-0.05, 0) is 17.2 Å². The fourth-order valence-corrected chi connectivity index (χ4v) is 1.25. The molecule has 0 aliphatic carbocycles. The third kappa shape index (κ3) is 1.30. The summed E-state index contributed by atoms with van der Waals surface area (Å²) in [4.78, 5) is 4.06. The Kier molecular flexibility index (Phi) is 1.69. The number of hydrogen-bond acceptors (Lipinski definition) is 2. The number of pyridine rings is 1. The summed E-state index contributed by atoms with van der Waals surface area (Å²) in [6, 6.07) is 4.06. The lowest BCUT2D eigenvalue weighted by atomic mass is 10.1. The predicted octanol–water partition coefficient (Wildman–Crippen LogP) is 1.07. The van der Waals surface area contributed by atoms with Crippen molar-refractivity contribution < 1.29 is 0 Å². The summed E-state index contributed by atoms with van der Waals surface area (Å²) in [5.41, 5.74) is 2.59. The van der Waals surface area contributed by atoms with E-state index in [1.807, 2.05) is 12.3 Å². The van der Waals surface area contributed by atoms with E-state index in [0.717, 1.165) is 13.1 Å². The van der Waals surface area contributed by atoms with Crippen LogP contribution in [0.5, 0.6) is 0 Å². The average molecular weight is 146 g/mol. The molecule has 1 aliphatic rings. The topological polar surface area (TPSA) is 24.9 Å². The number of aromatic nitrogens is 1. The zero-order chi connectivity index (χ0) is 7.52. The van der Waals surface area contributed by atoms with Crippen molar-refractivity contribution in [2.45, 2.75) is 0 Å². The quantitative estimate of drug-likeness (QED) is 0.641. The maximum atomic E-state index is 4.06. The van der Waals surface area contributed by atoms with E-state index in [9.17, 15) is 0 Å². The van der Waals surface area contributed by atoms with Gasteiger partial charge in [0, 0.05) is 25.5 Å². The van der Waals surface area contributed by atoms with Crippen molar-refractivity contribution in [1.29, 1.82) is 0 Å². The average Bonchev–Trinajstić information content (AvgIpc) is 2.58. The summed E-state index contributed by atoms with van der Waals surface area (Å²) < 4.78 is 0. The van der Waals surface area contributed by atoms with Gasteiger partial charge in [0.2, 0.25) is 0 Å². The zero-order valence-corrected chi connectivity index (χ0v) is 6.25. The molecule has 2 nitrogen and oxygen atoms in total. The van der Waals surface area contributed by atoms with Crippen molar-refractivity contribution in [2.75, 3.05) is 13.1 Å². The second kappa shape index (κ2) is 2.84. The number of nitrogens with zero attached hydrogens (tertiary/aromatic N) is 1. The van der Waals surface area contributed by atoms with Crippen LogP contribution in [-0.4, -0.2) is 18.1 Å². The molecule has 2 rings (SSSR count). The summed E-state index contributed by atoms with van der Waals surface area (Å²) in [5.74, 6) is 0. The van der Waals surface area contributed by atoms with E-state index >= 15 is 0 Å². The lowest BCUT2D eigenvalue weighted by Crippen LogP contribution is -2.07. The molecule has 0 bridgehead atoms. The summed E-state index contributed by atoms with van der Waals surface area (Å²) in [6.07, 6.45) is 5.91. The van der Waals surface area contributed by atoms with E-state index in [2.05, 4.69) is 22.4 Å². The molecule has 0 unspecified atom stereocenters. The van der Waals surface area contributed by atoms with Crippen LogP contribution in [0.3, 0.4) is 0 Å². The van der Waals surface area contributed by atoms with Crippen LogP contribution in [0, 0.1) is 0 Å². The number of nitrogens with one attached hydrogen (secondary N) is 1. The Balaban J connectivity index is 2.29. The first-order chi connectivity index (χ1) is 5.47. The maximum Gasteiger partial charge on any atom is 0.0343 e. The highest BCUT2D eigenvalue weighted by molar-refractivity contribution is 5.68. The highest BCUT2D eigenvalue weighted by atomic mass is 14.9. The monoisotopic (exact) mass is 146 g/mol. The van der Waals surface area contributed by atoms with Crippen LogP contribution >= 0.6 is 0 Å². The molecule has 1 N–H and O–H groups in total. The maximum absolute atomic E-state index is 4.06. The third-order valence-corrected chi connectivity index (χ3v) is 1.84. The minimum Gasteiger partial charge on any atom is -0.309 e. The molecule has 0 amide bonds. The molecular weight excluding hydrogens is 136 g/mol. The van der Waals surface area contributed by atoms with Gasteiger partial charge in [-0.1, -0.05) is 12.1 Å². The van der Waals surface area contributed by atoms with E-state index in [4.69, 9.17) is 0 Å². The standard InChI is InChI=1S/C9H10N2/c1-2-8(6-10-4-1)9-3-5-11-7-9/h1-4,6,11H,5,7H2. The van der Waals surface area contributed by atoms with E-state index in [-0.39, 0.29) is 0 Å². The minimum absolute atomic E-state index is 0.978. The van der Waals surface area contributed by atoms with Crippen LogP contribution in [0.2, 0.25) is 0 Å². The molecule has 0 spiro atoms. The highest BCUT2D eigenvalue weighted by Gasteiger charge is 2.04. The van der Waals surface area contributed by atoms with Crippen molar-refractivity contribution >= 4 is 5.57 Å². The molecule has 2 heterocycles. The Morgan fingerprint density at radius 2 is 2.45 bits per heavy atom. The van der Waals surface area contributed by atoms with Gasteiger partial charge in [0.15, 0.2) is 0 Å². The number of rotatable bonds is 1. The largest absolute Gasteiger partial charge is 0.309 e. The van der Waals surface area contributed by atoms with Gasteiger partial charge >= 0.3 is 0 Å². The van der Waals surface area contributed by atoms with Crippen molar-refractivity contribution in [2.24, 2.45) is 0 Å². The van der Waals surface area contributed by atoms with E-state index < -0.39 is 0 Å². The van der Waals surface area contributed by atoms with Gasteiger partial charge in [-0.15, -0.1) is 0 Å². The molecule has 56 valence electrons. The zero-order valence-electron chi connectivity index (χ0n) is 6.25. The second-order valence-corrected chi connectivity index (χ2v) is 2.60. The molecule has 0 radical (unpaired) electrons. The van der Waals surface area contributed by atoms with Crippen LogP contribution in [0.4, 0.5) is 0 Å². The molecule has 2 heteroatoms. The van der Waals surface area contributed by atoms with Crippen LogP contribution in [0.25, 0.3) is 5.57 Å². The molecule has 0 saturated heterocycles. The third-order valence-electron chi connectivity index (χ3n) is 1.84. The van der Waals surface area contributed by atoms with Crippen LogP contribution in [0.15, 0.2) is 30.6 Å². The second-order valence-electron chi connectivity index (χ2n) is 2.60. The summed E-state index contributed by atoms with van der Waals surface area (Å²) in [6.45, 7) is 1.97. The van der Waals surface area contributed by atoms with E-state index in [1.54, 1.807) is 6.20 Å². The fraction of sp³-hybridized carbons (Fsp3) is 0.222. The Hall–Kier alpha value is -1.15. The van der Waals surface area contributed by atoms with Gasteiger partial charge in [0.25, 0.3) is 0 Å². The number of hydrogen-bond donors (Lipinski definition) is 1. The fourth-order valence-electron chi connectivity index (χ4n) is 1.25. The van der Waals surface area contributed by atoms with Crippen molar-refractivity contribution in [3.63, 3.8) is 0 Å². The predicted molar refractivity (Wildman–Crippen MR) is 45.1 cm³/mol. The molecule has 0 fully saturated rings. The molecule has 0 atom stereocenters. The van der Waals surface area contributed by atoms with Crippen molar-refractivity contribution in [1.82, 2.24) is 10.3 Å². The van der Waals surface area contributed by atoms with Gasteiger partial charge in [0.1, 0.15) is 0 Å². The smallest absolute Gasteiger partial charge is 0.0343 e. The molecule has 0 aromatic carbocycles.